The highest BCUT2D eigenvalue weighted by atomic mass is 16.1. The molecule has 0 spiro atoms. The number of benzene rings is 1. The normalized spacial score (nSPS) is 9.44. The van der Waals surface area contributed by atoms with E-state index in [4.69, 9.17) is 0 Å². The van der Waals surface area contributed by atoms with E-state index >= 15 is 0 Å². The maximum atomic E-state index is 11.1. The molecule has 4 nitrogen and oxygen atoms in total. The largest absolute Gasteiger partial charge is 0.293 e. The highest BCUT2D eigenvalue weighted by molar-refractivity contribution is 6.65. The van der Waals surface area contributed by atoms with E-state index in [1.54, 1.807) is 0 Å². The van der Waals surface area contributed by atoms with Gasteiger partial charge >= 0.3 is 0 Å². The van der Waals surface area contributed by atoms with Gasteiger partial charge in [-0.1, -0.05) is 12.1 Å². The maximum absolute atomic E-state index is 11.1. The number of aryl methyl sites for hydroxylation is 1. The maximum Gasteiger partial charge on any atom is 0.183 e. The average molecular weight is 218 g/mol. The Morgan fingerprint density at radius 3 is 2.31 bits per heavy atom. The molecule has 0 atom stereocenters. The second-order valence-corrected chi connectivity index (χ2v) is 3.55. The SMILES string of the molecule is CC(=O)C(=NNc1cccc(C)c1)C(C)=O. The van der Waals surface area contributed by atoms with Gasteiger partial charge in [0, 0.05) is 13.8 Å². The van der Waals surface area contributed by atoms with Gasteiger partial charge in [-0.15, -0.1) is 0 Å². The predicted octanol–water partition coefficient (Wildman–Crippen LogP) is 1.94. The van der Waals surface area contributed by atoms with Crippen LogP contribution in [0.2, 0.25) is 0 Å². The summed E-state index contributed by atoms with van der Waals surface area (Å²) in [4.78, 5) is 22.2. The zero-order valence-corrected chi connectivity index (χ0v) is 9.57. The van der Waals surface area contributed by atoms with Crippen molar-refractivity contribution in [2.24, 2.45) is 5.10 Å². The van der Waals surface area contributed by atoms with Crippen molar-refractivity contribution in [1.29, 1.82) is 0 Å². The van der Waals surface area contributed by atoms with Gasteiger partial charge in [-0.3, -0.25) is 15.0 Å². The van der Waals surface area contributed by atoms with Crippen molar-refractivity contribution in [2.75, 3.05) is 5.43 Å². The first kappa shape index (κ1) is 12.1. The predicted molar refractivity (Wildman–Crippen MR) is 63.6 cm³/mol. The summed E-state index contributed by atoms with van der Waals surface area (Å²) in [6.45, 7) is 4.59. The van der Waals surface area contributed by atoms with Gasteiger partial charge in [0.05, 0.1) is 5.69 Å². The molecular weight excluding hydrogens is 204 g/mol. The molecule has 0 radical (unpaired) electrons. The molecule has 0 aliphatic rings. The third kappa shape index (κ3) is 3.31. The Bertz CT molecular complexity index is 434. The Kier molecular flexibility index (Phi) is 3.94. The lowest BCUT2D eigenvalue weighted by Crippen LogP contribution is -2.20. The molecule has 0 aromatic heterocycles. The van der Waals surface area contributed by atoms with Crippen molar-refractivity contribution < 1.29 is 9.59 Å². The van der Waals surface area contributed by atoms with Gasteiger partial charge < -0.3 is 0 Å². The summed E-state index contributed by atoms with van der Waals surface area (Å²) in [5.41, 5.74) is 4.45. The molecule has 0 aliphatic carbocycles. The number of hydrazone groups is 1. The summed E-state index contributed by atoms with van der Waals surface area (Å²) in [7, 11) is 0. The monoisotopic (exact) mass is 218 g/mol. The summed E-state index contributed by atoms with van der Waals surface area (Å²) in [5, 5.41) is 3.80. The lowest BCUT2D eigenvalue weighted by atomic mass is 10.2. The Labute approximate surface area is 94.4 Å². The molecule has 16 heavy (non-hydrogen) atoms. The van der Waals surface area contributed by atoms with Gasteiger partial charge in [0.1, 0.15) is 0 Å². The molecular formula is C12H14N2O2. The molecule has 0 saturated heterocycles. The molecule has 1 aromatic rings. The number of nitrogens with one attached hydrogen (secondary N) is 1. The molecule has 0 unspecified atom stereocenters. The number of Topliss-reactive ketones (excluding diaryl/α,β-unsaturated/α-hetero) is 2. The van der Waals surface area contributed by atoms with Crippen LogP contribution in [0, 0.1) is 6.92 Å². The van der Waals surface area contributed by atoms with Crippen LogP contribution in [0.3, 0.4) is 0 Å². The van der Waals surface area contributed by atoms with E-state index in [1.807, 2.05) is 31.2 Å². The van der Waals surface area contributed by atoms with Crippen LogP contribution in [0.1, 0.15) is 19.4 Å². The minimum absolute atomic E-state index is 0.0680. The molecule has 0 bridgehead atoms. The third-order valence-electron chi connectivity index (χ3n) is 1.98. The van der Waals surface area contributed by atoms with Crippen LogP contribution < -0.4 is 5.43 Å². The van der Waals surface area contributed by atoms with E-state index in [0.29, 0.717) is 0 Å². The van der Waals surface area contributed by atoms with E-state index in [9.17, 15) is 9.59 Å². The fourth-order valence-electron chi connectivity index (χ4n) is 1.24. The van der Waals surface area contributed by atoms with Crippen LogP contribution in [0.25, 0.3) is 0 Å². The van der Waals surface area contributed by atoms with Crippen molar-refractivity contribution in [2.45, 2.75) is 20.8 Å². The first-order chi connectivity index (χ1) is 7.50. The van der Waals surface area contributed by atoms with Crippen LogP contribution in [-0.4, -0.2) is 17.3 Å². The van der Waals surface area contributed by atoms with Crippen molar-refractivity contribution in [3.8, 4) is 0 Å². The summed E-state index contributed by atoms with van der Waals surface area (Å²) < 4.78 is 0. The number of anilines is 1. The lowest BCUT2D eigenvalue weighted by molar-refractivity contribution is -0.114. The van der Waals surface area contributed by atoms with Crippen LogP contribution in [0.4, 0.5) is 5.69 Å². The Hall–Kier alpha value is -1.97. The van der Waals surface area contributed by atoms with Crippen molar-refractivity contribution >= 4 is 23.0 Å². The molecule has 0 aliphatic heterocycles. The number of carbonyl (C=O) groups excluding carboxylic acids is 2. The van der Waals surface area contributed by atoms with Crippen molar-refractivity contribution in [3.63, 3.8) is 0 Å². The molecule has 1 N–H and O–H groups in total. The van der Waals surface area contributed by atoms with Gasteiger partial charge in [0.15, 0.2) is 17.3 Å². The molecule has 0 fully saturated rings. The fraction of sp³-hybridized carbons (Fsp3) is 0.250. The standard InChI is InChI=1S/C12H14N2O2/c1-8-5-4-6-11(7-8)13-14-12(9(2)15)10(3)16/h4-7,13H,1-3H3. The molecule has 1 rings (SSSR count). The summed E-state index contributed by atoms with van der Waals surface area (Å²) in [6.07, 6.45) is 0. The summed E-state index contributed by atoms with van der Waals surface area (Å²) in [5.74, 6) is -0.680. The lowest BCUT2D eigenvalue weighted by Gasteiger charge is -2.02. The minimum atomic E-state index is -0.340. The minimum Gasteiger partial charge on any atom is -0.293 e. The highest BCUT2D eigenvalue weighted by Crippen LogP contribution is 2.09. The first-order valence-corrected chi connectivity index (χ1v) is 4.93. The van der Waals surface area contributed by atoms with E-state index < -0.39 is 0 Å². The quantitative estimate of drug-likeness (QED) is 0.477. The number of nitrogens with zero attached hydrogens (tertiary/aromatic N) is 1. The van der Waals surface area contributed by atoms with Gasteiger partial charge in [0.2, 0.25) is 0 Å². The Balaban J connectivity index is 2.85. The second-order valence-electron chi connectivity index (χ2n) is 3.55. The number of hydrogen-bond acceptors (Lipinski definition) is 4. The molecule has 0 saturated carbocycles. The van der Waals surface area contributed by atoms with E-state index in [1.165, 1.54) is 13.8 Å². The Morgan fingerprint density at radius 2 is 1.81 bits per heavy atom. The van der Waals surface area contributed by atoms with Crippen molar-refractivity contribution in [1.82, 2.24) is 0 Å². The fourth-order valence-corrected chi connectivity index (χ4v) is 1.24. The smallest absolute Gasteiger partial charge is 0.183 e. The molecule has 0 amide bonds. The van der Waals surface area contributed by atoms with Gasteiger partial charge in [0.25, 0.3) is 0 Å². The van der Waals surface area contributed by atoms with Crippen LogP contribution in [-0.2, 0) is 9.59 Å². The van der Waals surface area contributed by atoms with E-state index in [2.05, 4.69) is 10.5 Å². The number of ketones is 2. The number of rotatable bonds is 4. The second kappa shape index (κ2) is 5.21. The topological polar surface area (TPSA) is 58.5 Å². The highest BCUT2D eigenvalue weighted by Gasteiger charge is 2.11. The van der Waals surface area contributed by atoms with Gasteiger partial charge in [-0.2, -0.15) is 5.10 Å². The molecule has 4 heteroatoms. The van der Waals surface area contributed by atoms with Crippen molar-refractivity contribution in [3.05, 3.63) is 29.8 Å². The third-order valence-corrected chi connectivity index (χ3v) is 1.98. The van der Waals surface area contributed by atoms with Gasteiger partial charge in [-0.25, -0.2) is 0 Å². The van der Waals surface area contributed by atoms with Crippen LogP contribution in [0.15, 0.2) is 29.4 Å². The average Bonchev–Trinajstić information content (AvgIpc) is 2.16. The van der Waals surface area contributed by atoms with E-state index in [-0.39, 0.29) is 17.3 Å². The number of hydrogen-bond donors (Lipinski definition) is 1. The molecule has 0 heterocycles. The first-order valence-electron chi connectivity index (χ1n) is 4.93. The summed E-state index contributed by atoms with van der Waals surface area (Å²) >= 11 is 0. The summed E-state index contributed by atoms with van der Waals surface area (Å²) in [6, 6.07) is 7.51. The van der Waals surface area contributed by atoms with Gasteiger partial charge in [-0.05, 0) is 24.6 Å². The Morgan fingerprint density at radius 1 is 1.19 bits per heavy atom. The zero-order valence-electron chi connectivity index (χ0n) is 9.57. The van der Waals surface area contributed by atoms with Crippen LogP contribution in [0.5, 0.6) is 0 Å². The van der Waals surface area contributed by atoms with E-state index in [0.717, 1.165) is 11.3 Å². The van der Waals surface area contributed by atoms with Crippen LogP contribution >= 0.6 is 0 Å². The zero-order chi connectivity index (χ0) is 12.1. The number of carbonyl (C=O) groups is 2. The molecule has 84 valence electrons. The molecule has 1 aromatic carbocycles.